The predicted octanol–water partition coefficient (Wildman–Crippen LogP) is 1.98. The van der Waals surface area contributed by atoms with Crippen LogP contribution in [0.15, 0.2) is 36.7 Å². The van der Waals surface area contributed by atoms with Gasteiger partial charge in [-0.05, 0) is 37.6 Å². The third-order valence-electron chi connectivity index (χ3n) is 2.87. The van der Waals surface area contributed by atoms with E-state index in [9.17, 15) is 0 Å². The SMILES string of the molecule is CCn1ccnc1COc1ccc(CCN)cc1. The van der Waals surface area contributed by atoms with Crippen molar-refractivity contribution in [3.8, 4) is 5.75 Å². The number of benzene rings is 1. The van der Waals surface area contributed by atoms with Gasteiger partial charge in [0.25, 0.3) is 0 Å². The number of ether oxygens (including phenoxy) is 1. The molecule has 1 aromatic carbocycles. The lowest BCUT2D eigenvalue weighted by Gasteiger charge is -2.08. The van der Waals surface area contributed by atoms with Gasteiger partial charge in [-0.2, -0.15) is 0 Å². The Hall–Kier alpha value is -1.81. The molecule has 0 amide bonds. The molecular weight excluding hydrogens is 226 g/mol. The van der Waals surface area contributed by atoms with E-state index >= 15 is 0 Å². The van der Waals surface area contributed by atoms with E-state index in [1.165, 1.54) is 5.56 Å². The van der Waals surface area contributed by atoms with Crippen molar-refractivity contribution in [2.24, 2.45) is 5.73 Å². The van der Waals surface area contributed by atoms with Crippen LogP contribution in [0.25, 0.3) is 0 Å². The maximum atomic E-state index is 5.71. The quantitative estimate of drug-likeness (QED) is 0.846. The summed E-state index contributed by atoms with van der Waals surface area (Å²) in [5.41, 5.74) is 6.75. The van der Waals surface area contributed by atoms with Gasteiger partial charge >= 0.3 is 0 Å². The van der Waals surface area contributed by atoms with Gasteiger partial charge in [0, 0.05) is 18.9 Å². The largest absolute Gasteiger partial charge is 0.486 e. The minimum absolute atomic E-state index is 0.497. The Morgan fingerprint density at radius 2 is 2.06 bits per heavy atom. The van der Waals surface area contributed by atoms with Gasteiger partial charge in [0.15, 0.2) is 0 Å². The Bertz CT molecular complexity index is 476. The molecular formula is C14H19N3O. The van der Waals surface area contributed by atoms with Gasteiger partial charge in [0.2, 0.25) is 0 Å². The lowest BCUT2D eigenvalue weighted by molar-refractivity contribution is 0.290. The summed E-state index contributed by atoms with van der Waals surface area (Å²) in [4.78, 5) is 4.27. The van der Waals surface area contributed by atoms with E-state index in [1.54, 1.807) is 6.20 Å². The molecule has 0 unspecified atom stereocenters. The minimum Gasteiger partial charge on any atom is -0.486 e. The molecule has 0 aliphatic rings. The van der Waals surface area contributed by atoms with E-state index in [4.69, 9.17) is 10.5 Å². The van der Waals surface area contributed by atoms with Crippen LogP contribution in [-0.4, -0.2) is 16.1 Å². The first kappa shape index (κ1) is 12.6. The number of aryl methyl sites for hydroxylation is 1. The topological polar surface area (TPSA) is 53.1 Å². The third kappa shape index (κ3) is 3.11. The molecule has 4 nitrogen and oxygen atoms in total. The van der Waals surface area contributed by atoms with Crippen LogP contribution in [0.2, 0.25) is 0 Å². The Labute approximate surface area is 107 Å². The summed E-state index contributed by atoms with van der Waals surface area (Å²) in [5.74, 6) is 1.81. The zero-order chi connectivity index (χ0) is 12.8. The second-order valence-electron chi connectivity index (χ2n) is 4.10. The van der Waals surface area contributed by atoms with Crippen LogP contribution in [0.1, 0.15) is 18.3 Å². The fraction of sp³-hybridized carbons (Fsp3) is 0.357. The fourth-order valence-corrected chi connectivity index (χ4v) is 1.84. The van der Waals surface area contributed by atoms with Gasteiger partial charge in [-0.1, -0.05) is 12.1 Å². The summed E-state index contributed by atoms with van der Waals surface area (Å²) in [5, 5.41) is 0. The first-order chi connectivity index (χ1) is 8.83. The van der Waals surface area contributed by atoms with Gasteiger partial charge in [0.1, 0.15) is 18.2 Å². The van der Waals surface area contributed by atoms with E-state index in [0.717, 1.165) is 24.5 Å². The van der Waals surface area contributed by atoms with Crippen LogP contribution in [0.5, 0.6) is 5.75 Å². The van der Waals surface area contributed by atoms with Crippen molar-refractivity contribution in [1.82, 2.24) is 9.55 Å². The van der Waals surface area contributed by atoms with Crippen LogP contribution >= 0.6 is 0 Å². The predicted molar refractivity (Wildman–Crippen MR) is 71.4 cm³/mol. The van der Waals surface area contributed by atoms with Crippen molar-refractivity contribution in [2.45, 2.75) is 26.5 Å². The number of imidazole rings is 1. The van der Waals surface area contributed by atoms with E-state index in [-0.39, 0.29) is 0 Å². The smallest absolute Gasteiger partial charge is 0.146 e. The summed E-state index contributed by atoms with van der Waals surface area (Å²) in [6, 6.07) is 8.05. The Balaban J connectivity index is 1.94. The number of nitrogens with zero attached hydrogens (tertiary/aromatic N) is 2. The van der Waals surface area contributed by atoms with Gasteiger partial charge in [-0.25, -0.2) is 4.98 Å². The summed E-state index contributed by atoms with van der Waals surface area (Å²) >= 11 is 0. The molecule has 0 aliphatic heterocycles. The first-order valence-electron chi connectivity index (χ1n) is 6.25. The van der Waals surface area contributed by atoms with Crippen molar-refractivity contribution in [3.63, 3.8) is 0 Å². The monoisotopic (exact) mass is 245 g/mol. The van der Waals surface area contributed by atoms with Gasteiger partial charge in [-0.15, -0.1) is 0 Å². The molecule has 1 heterocycles. The second kappa shape index (κ2) is 6.21. The highest BCUT2D eigenvalue weighted by atomic mass is 16.5. The van der Waals surface area contributed by atoms with Crippen molar-refractivity contribution in [1.29, 1.82) is 0 Å². The molecule has 0 bridgehead atoms. The van der Waals surface area contributed by atoms with Gasteiger partial charge in [-0.3, -0.25) is 0 Å². The molecule has 0 atom stereocenters. The van der Waals surface area contributed by atoms with E-state index < -0.39 is 0 Å². The molecule has 4 heteroatoms. The van der Waals surface area contributed by atoms with Crippen molar-refractivity contribution >= 4 is 0 Å². The fourth-order valence-electron chi connectivity index (χ4n) is 1.84. The molecule has 0 radical (unpaired) electrons. The number of rotatable bonds is 6. The molecule has 0 saturated carbocycles. The van der Waals surface area contributed by atoms with E-state index in [0.29, 0.717) is 13.2 Å². The molecule has 2 N–H and O–H groups in total. The summed E-state index contributed by atoms with van der Waals surface area (Å²) < 4.78 is 7.78. The maximum absolute atomic E-state index is 5.71. The average molecular weight is 245 g/mol. The molecule has 2 rings (SSSR count). The van der Waals surface area contributed by atoms with Crippen molar-refractivity contribution in [2.75, 3.05) is 6.54 Å². The van der Waals surface area contributed by atoms with E-state index in [2.05, 4.69) is 28.6 Å². The molecule has 0 aliphatic carbocycles. The van der Waals surface area contributed by atoms with Gasteiger partial charge < -0.3 is 15.0 Å². The molecule has 0 fully saturated rings. The third-order valence-corrected chi connectivity index (χ3v) is 2.87. The standard InChI is InChI=1S/C14H19N3O/c1-2-17-10-9-16-14(17)11-18-13-5-3-12(4-6-13)7-8-15/h3-6,9-10H,2,7-8,11,15H2,1H3. The molecule has 0 spiro atoms. The summed E-state index contributed by atoms with van der Waals surface area (Å²) in [6.07, 6.45) is 4.66. The van der Waals surface area contributed by atoms with E-state index in [1.807, 2.05) is 18.3 Å². The van der Waals surface area contributed by atoms with Crippen LogP contribution in [0.4, 0.5) is 0 Å². The number of hydrogen-bond acceptors (Lipinski definition) is 3. The summed E-state index contributed by atoms with van der Waals surface area (Å²) in [6.45, 7) is 4.17. The minimum atomic E-state index is 0.497. The van der Waals surface area contributed by atoms with Crippen LogP contribution in [0.3, 0.4) is 0 Å². The molecule has 1 aromatic heterocycles. The van der Waals surface area contributed by atoms with Crippen LogP contribution < -0.4 is 10.5 Å². The zero-order valence-electron chi connectivity index (χ0n) is 10.7. The summed E-state index contributed by atoms with van der Waals surface area (Å²) in [7, 11) is 0. The molecule has 18 heavy (non-hydrogen) atoms. The Morgan fingerprint density at radius 1 is 1.28 bits per heavy atom. The normalized spacial score (nSPS) is 10.6. The van der Waals surface area contributed by atoms with Gasteiger partial charge in [0.05, 0.1) is 0 Å². The lowest BCUT2D eigenvalue weighted by atomic mass is 10.1. The highest BCUT2D eigenvalue weighted by molar-refractivity contribution is 5.27. The average Bonchev–Trinajstić information content (AvgIpc) is 2.86. The van der Waals surface area contributed by atoms with Crippen molar-refractivity contribution < 1.29 is 4.74 Å². The van der Waals surface area contributed by atoms with Crippen LogP contribution in [0, 0.1) is 0 Å². The number of nitrogens with two attached hydrogens (primary N) is 1. The second-order valence-corrected chi connectivity index (χ2v) is 4.10. The highest BCUT2D eigenvalue weighted by Gasteiger charge is 2.02. The van der Waals surface area contributed by atoms with Crippen molar-refractivity contribution in [3.05, 3.63) is 48.0 Å². The Morgan fingerprint density at radius 3 is 2.72 bits per heavy atom. The van der Waals surface area contributed by atoms with Crippen LogP contribution in [-0.2, 0) is 19.6 Å². The number of aromatic nitrogens is 2. The molecule has 96 valence electrons. The number of hydrogen-bond donors (Lipinski definition) is 1. The molecule has 0 saturated heterocycles. The highest BCUT2D eigenvalue weighted by Crippen LogP contribution is 2.14. The zero-order valence-corrected chi connectivity index (χ0v) is 10.7. The lowest BCUT2D eigenvalue weighted by Crippen LogP contribution is -2.05. The maximum Gasteiger partial charge on any atom is 0.146 e. The first-order valence-corrected chi connectivity index (χ1v) is 6.25. The Kier molecular flexibility index (Phi) is 4.36. The molecule has 2 aromatic rings.